The van der Waals surface area contributed by atoms with Gasteiger partial charge in [0.05, 0.1) is 12.5 Å². The zero-order chi connectivity index (χ0) is 7.66. The van der Waals surface area contributed by atoms with Gasteiger partial charge in [0.15, 0.2) is 0 Å². The van der Waals surface area contributed by atoms with Crippen molar-refractivity contribution in [2.75, 3.05) is 0 Å². The van der Waals surface area contributed by atoms with Crippen LogP contribution in [0, 0.1) is 0 Å². The highest BCUT2D eigenvalue weighted by Crippen LogP contribution is 1.89. The first-order valence-electron chi connectivity index (χ1n) is 3.87. The van der Waals surface area contributed by atoms with Gasteiger partial charge >= 0.3 is 0 Å². The third-order valence-corrected chi connectivity index (χ3v) is 1.04. The lowest BCUT2D eigenvalue weighted by Gasteiger charge is -1.87. The van der Waals surface area contributed by atoms with Crippen molar-refractivity contribution in [3.8, 4) is 0 Å². The monoisotopic (exact) mass is 140 g/mol. The molecule has 0 N–H and O–H groups in total. The summed E-state index contributed by atoms with van der Waals surface area (Å²) in [5.41, 5.74) is 0. The minimum atomic E-state index is 1.03. The van der Waals surface area contributed by atoms with Crippen LogP contribution < -0.4 is 0 Å². The Bertz CT molecular complexity index is 103. The van der Waals surface area contributed by atoms with Crippen molar-refractivity contribution >= 4 is 0 Å². The molecule has 0 fully saturated rings. The molecule has 0 aliphatic heterocycles. The largest absolute Gasteiger partial charge is 0.473 e. The Hall–Kier alpha value is -0.720. The number of unbranched alkanes of at least 4 members (excludes halogenated alkanes) is 1. The highest BCUT2D eigenvalue weighted by atomic mass is 16.5. The summed E-state index contributed by atoms with van der Waals surface area (Å²) in [4.78, 5) is 0. The number of hydrogen-bond donors (Lipinski definition) is 0. The smallest absolute Gasteiger partial charge is 0.0861 e. The molecular formula is C9H16O. The molecule has 0 saturated carbocycles. The van der Waals surface area contributed by atoms with Crippen LogP contribution >= 0.6 is 0 Å². The second-order valence-electron chi connectivity index (χ2n) is 2.08. The topological polar surface area (TPSA) is 9.23 Å². The molecule has 0 bridgehead atoms. The Morgan fingerprint density at radius 3 is 2.40 bits per heavy atom. The summed E-state index contributed by atoms with van der Waals surface area (Å²) < 4.78 is 5.02. The Labute approximate surface area is 63.4 Å². The first kappa shape index (κ1) is 9.28. The van der Waals surface area contributed by atoms with Crippen LogP contribution in [-0.2, 0) is 4.74 Å². The second kappa shape index (κ2) is 8.28. The van der Waals surface area contributed by atoms with Crippen LogP contribution in [0.5, 0.6) is 0 Å². The quantitative estimate of drug-likeness (QED) is 0.533. The van der Waals surface area contributed by atoms with Crippen molar-refractivity contribution in [3.05, 3.63) is 24.7 Å². The molecule has 0 aromatic carbocycles. The second-order valence-corrected chi connectivity index (χ2v) is 2.08. The van der Waals surface area contributed by atoms with Gasteiger partial charge in [-0.15, -0.1) is 0 Å². The van der Waals surface area contributed by atoms with Crippen molar-refractivity contribution < 1.29 is 4.74 Å². The third-order valence-electron chi connectivity index (χ3n) is 1.04. The predicted octanol–water partition coefficient (Wildman–Crippen LogP) is 3.24. The molecule has 0 spiro atoms. The van der Waals surface area contributed by atoms with E-state index in [1.54, 1.807) is 12.5 Å². The molecule has 0 aromatic heterocycles. The number of rotatable bonds is 5. The van der Waals surface area contributed by atoms with Gasteiger partial charge in [-0.1, -0.05) is 20.3 Å². The summed E-state index contributed by atoms with van der Waals surface area (Å²) in [6.07, 6.45) is 10.8. The Balaban J connectivity index is 3.09. The molecular weight excluding hydrogens is 124 g/mol. The maximum Gasteiger partial charge on any atom is 0.0861 e. The third kappa shape index (κ3) is 7.28. The maximum absolute atomic E-state index is 5.02. The van der Waals surface area contributed by atoms with Crippen molar-refractivity contribution in [2.45, 2.75) is 33.1 Å². The zero-order valence-electron chi connectivity index (χ0n) is 6.84. The maximum atomic E-state index is 5.02. The van der Waals surface area contributed by atoms with Crippen LogP contribution in [0.3, 0.4) is 0 Å². The fourth-order valence-corrected chi connectivity index (χ4v) is 0.487. The van der Waals surface area contributed by atoms with Crippen molar-refractivity contribution in [1.82, 2.24) is 0 Å². The lowest BCUT2D eigenvalue weighted by molar-refractivity contribution is 0.399. The minimum Gasteiger partial charge on any atom is -0.473 e. The molecule has 0 radical (unpaired) electrons. The van der Waals surface area contributed by atoms with E-state index in [1.807, 2.05) is 12.2 Å². The average Bonchev–Trinajstić information content (AvgIpc) is 1.97. The summed E-state index contributed by atoms with van der Waals surface area (Å²) in [5.74, 6) is 0. The molecule has 0 rings (SSSR count). The fourth-order valence-electron chi connectivity index (χ4n) is 0.487. The van der Waals surface area contributed by atoms with Gasteiger partial charge < -0.3 is 4.74 Å². The van der Waals surface area contributed by atoms with Gasteiger partial charge in [-0.2, -0.15) is 0 Å². The van der Waals surface area contributed by atoms with Gasteiger partial charge in [0, 0.05) is 0 Å². The van der Waals surface area contributed by atoms with Crippen molar-refractivity contribution in [2.24, 2.45) is 0 Å². The van der Waals surface area contributed by atoms with Gasteiger partial charge in [-0.3, -0.25) is 0 Å². The molecule has 0 aliphatic carbocycles. The van der Waals surface area contributed by atoms with Crippen LogP contribution in [0.2, 0.25) is 0 Å². The van der Waals surface area contributed by atoms with E-state index in [1.165, 1.54) is 6.42 Å². The average molecular weight is 140 g/mol. The lowest BCUT2D eigenvalue weighted by atomic mass is 10.3. The van der Waals surface area contributed by atoms with Crippen LogP contribution in [0.4, 0.5) is 0 Å². The summed E-state index contributed by atoms with van der Waals surface area (Å²) in [6.45, 7) is 4.22. The van der Waals surface area contributed by atoms with Gasteiger partial charge in [0.1, 0.15) is 0 Å². The molecule has 10 heavy (non-hydrogen) atoms. The summed E-state index contributed by atoms with van der Waals surface area (Å²) >= 11 is 0. The van der Waals surface area contributed by atoms with Crippen LogP contribution in [0.1, 0.15) is 33.1 Å². The van der Waals surface area contributed by atoms with E-state index in [9.17, 15) is 0 Å². The Morgan fingerprint density at radius 2 is 1.80 bits per heavy atom. The van der Waals surface area contributed by atoms with E-state index >= 15 is 0 Å². The van der Waals surface area contributed by atoms with Gasteiger partial charge in [0.25, 0.3) is 0 Å². The molecule has 0 saturated heterocycles. The first-order chi connectivity index (χ1) is 4.91. The number of ether oxygens (including phenoxy) is 1. The standard InChI is InChI=1S/C9H16O/c1-3-5-7-9-10-8-6-4-2/h6-9H,3-5H2,1-2H3. The van der Waals surface area contributed by atoms with Gasteiger partial charge in [-0.25, -0.2) is 0 Å². The zero-order valence-corrected chi connectivity index (χ0v) is 6.84. The first-order valence-corrected chi connectivity index (χ1v) is 3.87. The van der Waals surface area contributed by atoms with E-state index in [4.69, 9.17) is 4.74 Å². The van der Waals surface area contributed by atoms with E-state index in [2.05, 4.69) is 13.8 Å². The fraction of sp³-hybridized carbons (Fsp3) is 0.556. The molecule has 0 unspecified atom stereocenters. The molecule has 0 aromatic rings. The lowest BCUT2D eigenvalue weighted by Crippen LogP contribution is -1.66. The van der Waals surface area contributed by atoms with Crippen LogP contribution in [-0.4, -0.2) is 0 Å². The van der Waals surface area contributed by atoms with E-state index in [0.29, 0.717) is 0 Å². The summed E-state index contributed by atoms with van der Waals surface area (Å²) in [5, 5.41) is 0. The predicted molar refractivity (Wildman–Crippen MR) is 44.6 cm³/mol. The van der Waals surface area contributed by atoms with E-state index in [0.717, 1.165) is 12.8 Å². The molecule has 58 valence electrons. The molecule has 1 nitrogen and oxygen atoms in total. The Morgan fingerprint density at radius 1 is 1.10 bits per heavy atom. The highest BCUT2D eigenvalue weighted by Gasteiger charge is 1.71. The van der Waals surface area contributed by atoms with Gasteiger partial charge in [0.2, 0.25) is 0 Å². The van der Waals surface area contributed by atoms with E-state index in [-0.39, 0.29) is 0 Å². The Kier molecular flexibility index (Phi) is 7.68. The SMILES string of the molecule is CCC=COC=CCCC. The molecule has 1 heteroatoms. The summed E-state index contributed by atoms with van der Waals surface area (Å²) in [6, 6.07) is 0. The van der Waals surface area contributed by atoms with Gasteiger partial charge in [-0.05, 0) is 25.0 Å². The van der Waals surface area contributed by atoms with Crippen LogP contribution in [0.25, 0.3) is 0 Å². The number of allylic oxidation sites excluding steroid dienone is 2. The summed E-state index contributed by atoms with van der Waals surface area (Å²) in [7, 11) is 0. The van der Waals surface area contributed by atoms with E-state index < -0.39 is 0 Å². The van der Waals surface area contributed by atoms with Crippen molar-refractivity contribution in [1.29, 1.82) is 0 Å². The minimum absolute atomic E-state index is 1.03. The molecule has 0 aliphatic rings. The van der Waals surface area contributed by atoms with Crippen LogP contribution in [0.15, 0.2) is 24.7 Å². The number of hydrogen-bond acceptors (Lipinski definition) is 1. The highest BCUT2D eigenvalue weighted by molar-refractivity contribution is 4.78. The molecule has 0 atom stereocenters. The molecule has 0 heterocycles. The molecule has 0 amide bonds. The van der Waals surface area contributed by atoms with Crippen molar-refractivity contribution in [3.63, 3.8) is 0 Å². The normalized spacial score (nSPS) is 11.4.